The van der Waals surface area contributed by atoms with Crippen LogP contribution in [0.2, 0.25) is 0 Å². The topological polar surface area (TPSA) is 12.0 Å². The standard InChI is InChI=1S/C18H21N/c1-12-8-13(2)18(14(3)9-12)17-11-19-10-15-6-4-5-7-16(15)17/h4-9,17,19H,10-11H2,1-3H3. The van der Waals surface area contributed by atoms with Crippen LogP contribution in [0.5, 0.6) is 0 Å². The molecule has 1 nitrogen and oxygen atoms in total. The summed E-state index contributed by atoms with van der Waals surface area (Å²) < 4.78 is 0. The molecular weight excluding hydrogens is 230 g/mol. The SMILES string of the molecule is Cc1cc(C)c(C2CNCc3ccccc32)c(C)c1. The molecule has 1 N–H and O–H groups in total. The van der Waals surface area contributed by atoms with Crippen molar-refractivity contribution in [1.29, 1.82) is 0 Å². The average Bonchev–Trinajstić information content (AvgIpc) is 2.38. The minimum Gasteiger partial charge on any atom is -0.312 e. The third-order valence-electron chi connectivity index (χ3n) is 4.18. The highest BCUT2D eigenvalue weighted by Gasteiger charge is 2.23. The fourth-order valence-corrected chi connectivity index (χ4v) is 3.49. The van der Waals surface area contributed by atoms with Crippen molar-refractivity contribution in [3.8, 4) is 0 Å². The van der Waals surface area contributed by atoms with Gasteiger partial charge in [0.25, 0.3) is 0 Å². The highest BCUT2D eigenvalue weighted by Crippen LogP contribution is 2.34. The lowest BCUT2D eigenvalue weighted by Gasteiger charge is -2.29. The van der Waals surface area contributed by atoms with E-state index in [-0.39, 0.29) is 0 Å². The highest BCUT2D eigenvalue weighted by molar-refractivity contribution is 5.47. The van der Waals surface area contributed by atoms with Crippen LogP contribution in [0.1, 0.15) is 39.3 Å². The van der Waals surface area contributed by atoms with Crippen molar-refractivity contribution in [3.63, 3.8) is 0 Å². The molecule has 1 aliphatic heterocycles. The van der Waals surface area contributed by atoms with Crippen molar-refractivity contribution in [1.82, 2.24) is 5.32 Å². The van der Waals surface area contributed by atoms with Gasteiger partial charge in [-0.3, -0.25) is 0 Å². The van der Waals surface area contributed by atoms with Crippen LogP contribution in [0, 0.1) is 20.8 Å². The molecule has 1 aliphatic rings. The van der Waals surface area contributed by atoms with E-state index >= 15 is 0 Å². The lowest BCUT2D eigenvalue weighted by Crippen LogP contribution is -2.29. The van der Waals surface area contributed by atoms with Gasteiger partial charge in [-0.25, -0.2) is 0 Å². The molecule has 1 atom stereocenters. The smallest absolute Gasteiger partial charge is 0.0223 e. The van der Waals surface area contributed by atoms with E-state index in [4.69, 9.17) is 0 Å². The van der Waals surface area contributed by atoms with Crippen LogP contribution in [-0.2, 0) is 6.54 Å². The van der Waals surface area contributed by atoms with Gasteiger partial charge in [0.1, 0.15) is 0 Å². The molecule has 2 aromatic rings. The third kappa shape index (κ3) is 2.19. The predicted octanol–water partition coefficient (Wildman–Crippen LogP) is 3.85. The number of aryl methyl sites for hydroxylation is 3. The fourth-order valence-electron chi connectivity index (χ4n) is 3.49. The van der Waals surface area contributed by atoms with E-state index in [1.165, 1.54) is 33.4 Å². The van der Waals surface area contributed by atoms with Gasteiger partial charge in [0.2, 0.25) is 0 Å². The first-order chi connectivity index (χ1) is 9.16. The van der Waals surface area contributed by atoms with Crippen LogP contribution < -0.4 is 5.32 Å². The molecule has 19 heavy (non-hydrogen) atoms. The average molecular weight is 251 g/mol. The van der Waals surface area contributed by atoms with E-state index in [0.29, 0.717) is 5.92 Å². The number of hydrogen-bond acceptors (Lipinski definition) is 1. The Kier molecular flexibility index (Phi) is 3.16. The summed E-state index contributed by atoms with van der Waals surface area (Å²) in [5.41, 5.74) is 8.64. The normalized spacial score (nSPS) is 18.2. The molecule has 1 heterocycles. The van der Waals surface area contributed by atoms with Gasteiger partial charge < -0.3 is 5.32 Å². The van der Waals surface area contributed by atoms with Crippen molar-refractivity contribution in [2.45, 2.75) is 33.2 Å². The quantitative estimate of drug-likeness (QED) is 0.812. The van der Waals surface area contributed by atoms with Crippen molar-refractivity contribution in [2.24, 2.45) is 0 Å². The zero-order valence-corrected chi connectivity index (χ0v) is 12.0. The molecule has 98 valence electrons. The summed E-state index contributed by atoms with van der Waals surface area (Å²) in [4.78, 5) is 0. The Morgan fingerprint density at radius 1 is 1.00 bits per heavy atom. The first-order valence-electron chi connectivity index (χ1n) is 7.03. The van der Waals surface area contributed by atoms with E-state index in [1.54, 1.807) is 0 Å². The first-order valence-corrected chi connectivity index (χ1v) is 7.03. The van der Waals surface area contributed by atoms with Crippen LogP contribution >= 0.6 is 0 Å². The number of fused-ring (bicyclic) bond motifs is 1. The molecule has 0 saturated carbocycles. The number of hydrogen-bond donors (Lipinski definition) is 1. The Morgan fingerprint density at radius 2 is 1.68 bits per heavy atom. The second-order valence-corrected chi connectivity index (χ2v) is 5.69. The maximum Gasteiger partial charge on any atom is 0.0223 e. The Bertz CT molecular complexity index is 590. The molecule has 3 rings (SSSR count). The van der Waals surface area contributed by atoms with Crippen molar-refractivity contribution in [2.75, 3.05) is 6.54 Å². The maximum absolute atomic E-state index is 3.56. The molecule has 0 saturated heterocycles. The Labute approximate surface area is 115 Å². The molecule has 0 spiro atoms. The molecular formula is C18H21N. The van der Waals surface area contributed by atoms with Gasteiger partial charge in [-0.05, 0) is 48.6 Å². The summed E-state index contributed by atoms with van der Waals surface area (Å²) in [5.74, 6) is 0.491. The summed E-state index contributed by atoms with van der Waals surface area (Å²) in [6.07, 6.45) is 0. The zero-order chi connectivity index (χ0) is 13.4. The van der Waals surface area contributed by atoms with E-state index in [0.717, 1.165) is 13.1 Å². The largest absolute Gasteiger partial charge is 0.312 e. The van der Waals surface area contributed by atoms with Crippen molar-refractivity contribution >= 4 is 0 Å². The maximum atomic E-state index is 3.56. The Morgan fingerprint density at radius 3 is 2.42 bits per heavy atom. The molecule has 1 heteroatoms. The van der Waals surface area contributed by atoms with Crippen molar-refractivity contribution < 1.29 is 0 Å². The highest BCUT2D eigenvalue weighted by atomic mass is 14.9. The summed E-state index contributed by atoms with van der Waals surface area (Å²) in [6, 6.07) is 13.4. The zero-order valence-electron chi connectivity index (χ0n) is 12.0. The van der Waals surface area contributed by atoms with Gasteiger partial charge in [-0.15, -0.1) is 0 Å². The molecule has 0 aliphatic carbocycles. The van der Waals surface area contributed by atoms with Crippen LogP contribution in [0.3, 0.4) is 0 Å². The van der Waals surface area contributed by atoms with Crippen LogP contribution in [0.4, 0.5) is 0 Å². The fraction of sp³-hybridized carbons (Fsp3) is 0.333. The summed E-state index contributed by atoms with van der Waals surface area (Å²) in [7, 11) is 0. The predicted molar refractivity (Wildman–Crippen MR) is 80.6 cm³/mol. The van der Waals surface area contributed by atoms with Gasteiger partial charge in [-0.1, -0.05) is 42.0 Å². The summed E-state index contributed by atoms with van der Waals surface area (Å²) in [5, 5.41) is 3.56. The van der Waals surface area contributed by atoms with Crippen molar-refractivity contribution in [3.05, 3.63) is 69.8 Å². The molecule has 0 radical (unpaired) electrons. The van der Waals surface area contributed by atoms with Gasteiger partial charge >= 0.3 is 0 Å². The molecule has 0 bridgehead atoms. The molecule has 1 unspecified atom stereocenters. The number of nitrogens with one attached hydrogen (secondary N) is 1. The van der Waals surface area contributed by atoms with Gasteiger partial charge in [-0.2, -0.15) is 0 Å². The van der Waals surface area contributed by atoms with E-state index in [9.17, 15) is 0 Å². The minimum atomic E-state index is 0.491. The van der Waals surface area contributed by atoms with E-state index < -0.39 is 0 Å². The van der Waals surface area contributed by atoms with E-state index in [1.807, 2.05) is 0 Å². The number of rotatable bonds is 1. The molecule has 0 aromatic heterocycles. The minimum absolute atomic E-state index is 0.491. The first kappa shape index (κ1) is 12.4. The number of benzene rings is 2. The Hall–Kier alpha value is -1.60. The monoisotopic (exact) mass is 251 g/mol. The lowest BCUT2D eigenvalue weighted by molar-refractivity contribution is 0.588. The molecule has 2 aromatic carbocycles. The Balaban J connectivity index is 2.14. The van der Waals surface area contributed by atoms with Crippen LogP contribution in [-0.4, -0.2) is 6.54 Å². The van der Waals surface area contributed by atoms with Gasteiger partial charge in [0.05, 0.1) is 0 Å². The molecule has 0 fully saturated rings. The lowest BCUT2D eigenvalue weighted by atomic mass is 9.81. The molecule has 0 amide bonds. The second kappa shape index (κ2) is 4.82. The van der Waals surface area contributed by atoms with Crippen LogP contribution in [0.15, 0.2) is 36.4 Å². The van der Waals surface area contributed by atoms with Gasteiger partial charge in [0.15, 0.2) is 0 Å². The second-order valence-electron chi connectivity index (χ2n) is 5.69. The summed E-state index contributed by atoms with van der Waals surface area (Å²) in [6.45, 7) is 8.70. The van der Waals surface area contributed by atoms with Gasteiger partial charge in [0, 0.05) is 19.0 Å². The van der Waals surface area contributed by atoms with E-state index in [2.05, 4.69) is 62.5 Å². The summed E-state index contributed by atoms with van der Waals surface area (Å²) >= 11 is 0. The third-order valence-corrected chi connectivity index (χ3v) is 4.18. The van der Waals surface area contributed by atoms with Crippen LogP contribution in [0.25, 0.3) is 0 Å².